The number of carbonyl (C=O) groups excluding carboxylic acids is 2. The standard InChI is InChI=1S/C43H49N3O4/c1-5-7-8-9-13-16-40(44-50-42(48)36-14-11-10-12-15-36)34-19-25-38(26-20-34)46(37-23-17-33(6-2)18-24-37)39-27-21-35(22-28-39)41(47)43(3,4)45-29-31-49-32-30-45/h5,10-12,14-15,17-28H,1,6-9,13,16,29-32H2,2-4H3/b44-40+. The monoisotopic (exact) mass is 671 g/mol. The molecule has 0 aliphatic carbocycles. The first-order valence-corrected chi connectivity index (χ1v) is 17.7. The molecule has 1 heterocycles. The van der Waals surface area contributed by atoms with Gasteiger partial charge in [-0.25, -0.2) is 4.79 Å². The first-order chi connectivity index (χ1) is 24.3. The van der Waals surface area contributed by atoms with Crippen LogP contribution in [0, 0.1) is 0 Å². The Morgan fingerprint density at radius 2 is 1.38 bits per heavy atom. The lowest BCUT2D eigenvalue weighted by Gasteiger charge is -2.39. The molecule has 1 aliphatic heterocycles. The Bertz CT molecular complexity index is 1720. The van der Waals surface area contributed by atoms with E-state index in [1.807, 2.05) is 62.4 Å². The average molecular weight is 672 g/mol. The maximum Gasteiger partial charge on any atom is 0.365 e. The van der Waals surface area contributed by atoms with Crippen LogP contribution < -0.4 is 4.90 Å². The van der Waals surface area contributed by atoms with Crippen molar-refractivity contribution in [3.8, 4) is 0 Å². The number of hydrogen-bond acceptors (Lipinski definition) is 7. The third kappa shape index (κ3) is 9.23. The van der Waals surface area contributed by atoms with Crippen molar-refractivity contribution in [3.05, 3.63) is 138 Å². The Hall–Kier alpha value is -4.85. The fraction of sp³-hybridized carbons (Fsp3) is 0.326. The molecule has 1 saturated heterocycles. The third-order valence-electron chi connectivity index (χ3n) is 9.38. The molecule has 4 aromatic rings. The van der Waals surface area contributed by atoms with Crippen LogP contribution in [0.2, 0.25) is 0 Å². The number of rotatable bonds is 16. The maximum atomic E-state index is 13.7. The Kier molecular flexibility index (Phi) is 12.9. The van der Waals surface area contributed by atoms with Gasteiger partial charge in [0.1, 0.15) is 0 Å². The van der Waals surface area contributed by atoms with E-state index >= 15 is 0 Å². The highest BCUT2D eigenvalue weighted by Gasteiger charge is 2.36. The van der Waals surface area contributed by atoms with Gasteiger partial charge >= 0.3 is 5.97 Å². The number of Topliss-reactive ketones (excluding diaryl/α,β-unsaturated/α-hetero) is 1. The van der Waals surface area contributed by atoms with Crippen LogP contribution in [0.25, 0.3) is 0 Å². The number of morpholine rings is 1. The summed E-state index contributed by atoms with van der Waals surface area (Å²) < 4.78 is 5.52. The van der Waals surface area contributed by atoms with Crippen LogP contribution in [0.15, 0.2) is 121 Å². The van der Waals surface area contributed by atoms with E-state index in [1.165, 1.54) is 5.56 Å². The maximum absolute atomic E-state index is 13.7. The summed E-state index contributed by atoms with van der Waals surface area (Å²) in [7, 11) is 0. The van der Waals surface area contributed by atoms with Crippen LogP contribution in [0.5, 0.6) is 0 Å². The summed E-state index contributed by atoms with van der Waals surface area (Å²) in [6.07, 6.45) is 7.54. The van der Waals surface area contributed by atoms with E-state index in [0.29, 0.717) is 30.8 Å². The number of anilines is 3. The second-order valence-corrected chi connectivity index (χ2v) is 13.1. The number of ether oxygens (including phenoxy) is 1. The zero-order valence-electron chi connectivity index (χ0n) is 29.6. The highest BCUT2D eigenvalue weighted by Crippen LogP contribution is 2.36. The summed E-state index contributed by atoms with van der Waals surface area (Å²) in [5.74, 6) is -0.387. The van der Waals surface area contributed by atoms with Crippen LogP contribution in [0.3, 0.4) is 0 Å². The van der Waals surface area contributed by atoms with E-state index < -0.39 is 11.5 Å². The number of carbonyl (C=O) groups is 2. The van der Waals surface area contributed by atoms with Crippen LogP contribution in [0.4, 0.5) is 17.1 Å². The highest BCUT2D eigenvalue weighted by atomic mass is 16.7. The zero-order valence-corrected chi connectivity index (χ0v) is 29.6. The quantitative estimate of drug-likeness (QED) is 0.0295. The van der Waals surface area contributed by atoms with Crippen molar-refractivity contribution in [1.29, 1.82) is 0 Å². The molecule has 0 bridgehead atoms. The first kappa shape index (κ1) is 36.4. The fourth-order valence-corrected chi connectivity index (χ4v) is 6.24. The van der Waals surface area contributed by atoms with Crippen molar-refractivity contribution < 1.29 is 19.2 Å². The fourth-order valence-electron chi connectivity index (χ4n) is 6.24. The predicted molar refractivity (Wildman–Crippen MR) is 203 cm³/mol. The molecule has 260 valence electrons. The summed E-state index contributed by atoms with van der Waals surface area (Å²) in [5.41, 5.74) is 6.30. The molecule has 0 amide bonds. The summed E-state index contributed by atoms with van der Waals surface area (Å²) >= 11 is 0. The van der Waals surface area contributed by atoms with Gasteiger partial charge in [0.2, 0.25) is 0 Å². The lowest BCUT2D eigenvalue weighted by Crippen LogP contribution is -2.54. The number of unbranched alkanes of at least 4 members (excludes halogenated alkanes) is 3. The van der Waals surface area contributed by atoms with Crippen LogP contribution in [-0.2, 0) is 16.0 Å². The van der Waals surface area contributed by atoms with Gasteiger partial charge in [0.05, 0.1) is 30.0 Å². The van der Waals surface area contributed by atoms with Gasteiger partial charge in [0, 0.05) is 35.7 Å². The van der Waals surface area contributed by atoms with Crippen LogP contribution in [0.1, 0.15) is 84.7 Å². The van der Waals surface area contributed by atoms with Gasteiger partial charge in [0.15, 0.2) is 5.78 Å². The van der Waals surface area contributed by atoms with Crippen molar-refractivity contribution in [2.45, 2.75) is 64.8 Å². The minimum Gasteiger partial charge on any atom is -0.379 e. The second kappa shape index (κ2) is 17.7. The number of ketones is 1. The van der Waals surface area contributed by atoms with Gasteiger partial charge in [-0.15, -0.1) is 6.58 Å². The van der Waals surface area contributed by atoms with E-state index in [9.17, 15) is 9.59 Å². The molecule has 4 aromatic carbocycles. The van der Waals surface area contributed by atoms with E-state index in [4.69, 9.17) is 9.57 Å². The molecule has 7 heteroatoms. The van der Waals surface area contributed by atoms with E-state index in [1.54, 1.807) is 24.3 Å². The topological polar surface area (TPSA) is 71.4 Å². The van der Waals surface area contributed by atoms with Crippen molar-refractivity contribution in [2.24, 2.45) is 5.16 Å². The third-order valence-corrected chi connectivity index (χ3v) is 9.38. The lowest BCUT2D eigenvalue weighted by molar-refractivity contribution is -0.00430. The number of nitrogens with zero attached hydrogens (tertiary/aromatic N) is 3. The van der Waals surface area contributed by atoms with Gasteiger partial charge in [-0.3, -0.25) is 9.69 Å². The zero-order chi connectivity index (χ0) is 35.3. The van der Waals surface area contributed by atoms with Crippen LogP contribution >= 0.6 is 0 Å². The molecule has 0 spiro atoms. The molecule has 5 rings (SSSR count). The molecule has 0 aromatic heterocycles. The molecule has 7 nitrogen and oxygen atoms in total. The van der Waals surface area contributed by atoms with Crippen molar-refractivity contribution >= 4 is 34.5 Å². The SMILES string of the molecule is C=CCCCCC/C(=N\OC(=O)c1ccccc1)c1ccc(N(c2ccc(CC)cc2)c2ccc(C(=O)C(C)(C)N3CCOCC3)cc2)cc1. The molecule has 0 saturated carbocycles. The molecule has 0 unspecified atom stereocenters. The minimum atomic E-state index is -0.628. The van der Waals surface area contributed by atoms with Gasteiger partial charge in [-0.05, 0) is 118 Å². The summed E-state index contributed by atoms with van der Waals surface area (Å²) in [6, 6.07) is 33.6. The smallest absolute Gasteiger partial charge is 0.365 e. The molecule has 1 aliphatic rings. The van der Waals surface area contributed by atoms with Crippen molar-refractivity contribution in [3.63, 3.8) is 0 Å². The molecular formula is C43H49N3O4. The van der Waals surface area contributed by atoms with Gasteiger partial charge < -0.3 is 14.5 Å². The lowest BCUT2D eigenvalue weighted by atomic mass is 9.90. The van der Waals surface area contributed by atoms with E-state index in [-0.39, 0.29) is 5.78 Å². The molecule has 1 fully saturated rings. The summed E-state index contributed by atoms with van der Waals surface area (Å²) in [4.78, 5) is 36.3. The Labute approximate surface area is 297 Å². The Morgan fingerprint density at radius 1 is 0.800 bits per heavy atom. The largest absolute Gasteiger partial charge is 0.379 e. The minimum absolute atomic E-state index is 0.0958. The van der Waals surface area contributed by atoms with E-state index in [0.717, 1.165) is 73.5 Å². The number of allylic oxidation sites excluding steroid dienone is 1. The first-order valence-electron chi connectivity index (χ1n) is 17.7. The molecule has 0 N–H and O–H groups in total. The molecule has 50 heavy (non-hydrogen) atoms. The van der Waals surface area contributed by atoms with E-state index in [2.05, 4.69) is 64.9 Å². The van der Waals surface area contributed by atoms with Gasteiger partial charge in [-0.1, -0.05) is 67.0 Å². The molecule has 0 radical (unpaired) electrons. The number of benzene rings is 4. The van der Waals surface area contributed by atoms with Crippen LogP contribution in [-0.4, -0.2) is 54.2 Å². The summed E-state index contributed by atoms with van der Waals surface area (Å²) in [5, 5.41) is 4.37. The Morgan fingerprint density at radius 3 is 1.96 bits per heavy atom. The molecular weight excluding hydrogens is 622 g/mol. The average Bonchev–Trinajstić information content (AvgIpc) is 3.17. The Balaban J connectivity index is 1.42. The van der Waals surface area contributed by atoms with Crippen molar-refractivity contribution in [2.75, 3.05) is 31.2 Å². The van der Waals surface area contributed by atoms with Crippen molar-refractivity contribution in [1.82, 2.24) is 4.90 Å². The highest BCUT2D eigenvalue weighted by molar-refractivity contribution is 6.03. The van der Waals surface area contributed by atoms with Gasteiger partial charge in [0.25, 0.3) is 0 Å². The number of hydrogen-bond donors (Lipinski definition) is 0. The number of oxime groups is 1. The second-order valence-electron chi connectivity index (χ2n) is 13.1. The predicted octanol–water partition coefficient (Wildman–Crippen LogP) is 9.71. The molecule has 0 atom stereocenters. The van der Waals surface area contributed by atoms with Gasteiger partial charge in [-0.2, -0.15) is 0 Å². The normalized spacial score (nSPS) is 13.9. The summed E-state index contributed by atoms with van der Waals surface area (Å²) in [6.45, 7) is 12.7. The number of aryl methyl sites for hydroxylation is 1.